The summed E-state index contributed by atoms with van der Waals surface area (Å²) in [6, 6.07) is 0. The molecule has 0 rings (SSSR count). The molecule has 0 saturated carbocycles. The summed E-state index contributed by atoms with van der Waals surface area (Å²) in [4.78, 5) is 18.4. The van der Waals surface area contributed by atoms with Crippen molar-refractivity contribution in [3.63, 3.8) is 0 Å². The number of hydrogen-bond acceptors (Lipinski definition) is 4. The predicted octanol–water partition coefficient (Wildman–Crippen LogP) is 0.936. The second-order valence-electron chi connectivity index (χ2n) is 3.43. The highest BCUT2D eigenvalue weighted by Gasteiger charge is 2.12. The van der Waals surface area contributed by atoms with E-state index in [0.717, 1.165) is 13.0 Å². The van der Waals surface area contributed by atoms with Gasteiger partial charge in [0.05, 0.1) is 0 Å². The van der Waals surface area contributed by atoms with E-state index < -0.39 is 11.7 Å². The number of amides is 1. The van der Waals surface area contributed by atoms with Gasteiger partial charge in [-0.2, -0.15) is 0 Å². The SMILES string of the molecule is CC(C)(C)OC(N)=O.CCCN.O=CO. The minimum absolute atomic E-state index is 0.250. The molecule has 5 N–H and O–H groups in total. The second kappa shape index (κ2) is 12.7. The molecular formula is C9H22N2O4. The monoisotopic (exact) mass is 222 g/mol. The van der Waals surface area contributed by atoms with Crippen molar-refractivity contribution in [2.75, 3.05) is 6.54 Å². The Bertz CT molecular complexity index is 153. The molecule has 0 bridgehead atoms. The highest BCUT2D eigenvalue weighted by atomic mass is 16.6. The van der Waals surface area contributed by atoms with Gasteiger partial charge in [-0.1, -0.05) is 6.92 Å². The molecule has 92 valence electrons. The van der Waals surface area contributed by atoms with Crippen LogP contribution in [0.15, 0.2) is 0 Å². The molecule has 0 aromatic rings. The van der Waals surface area contributed by atoms with Crippen molar-refractivity contribution in [1.29, 1.82) is 0 Å². The van der Waals surface area contributed by atoms with Gasteiger partial charge in [0.15, 0.2) is 0 Å². The highest BCUT2D eigenvalue weighted by molar-refractivity contribution is 5.65. The van der Waals surface area contributed by atoms with Gasteiger partial charge in [0.25, 0.3) is 6.47 Å². The lowest BCUT2D eigenvalue weighted by molar-refractivity contribution is -0.122. The van der Waals surface area contributed by atoms with E-state index in [-0.39, 0.29) is 6.47 Å². The zero-order valence-electron chi connectivity index (χ0n) is 9.82. The largest absolute Gasteiger partial charge is 0.483 e. The summed E-state index contributed by atoms with van der Waals surface area (Å²) in [6.07, 6.45) is 0.373. The predicted molar refractivity (Wildman–Crippen MR) is 58.5 cm³/mol. The van der Waals surface area contributed by atoms with Crippen LogP contribution in [0, 0.1) is 0 Å². The third kappa shape index (κ3) is 65.8. The first-order valence-electron chi connectivity index (χ1n) is 4.51. The first kappa shape index (κ1) is 19.3. The van der Waals surface area contributed by atoms with Gasteiger partial charge in [0, 0.05) is 0 Å². The molecule has 0 heterocycles. The third-order valence-electron chi connectivity index (χ3n) is 0.695. The average Bonchev–Trinajstić information content (AvgIpc) is 2.01. The van der Waals surface area contributed by atoms with E-state index in [4.69, 9.17) is 21.4 Å². The quantitative estimate of drug-likeness (QED) is 0.571. The van der Waals surface area contributed by atoms with E-state index in [1.165, 1.54) is 0 Å². The fraction of sp³-hybridized carbons (Fsp3) is 0.778. The van der Waals surface area contributed by atoms with Crippen LogP contribution < -0.4 is 11.5 Å². The number of rotatable bonds is 1. The molecule has 0 aliphatic rings. The third-order valence-corrected chi connectivity index (χ3v) is 0.695. The van der Waals surface area contributed by atoms with Crippen LogP contribution in [-0.4, -0.2) is 29.8 Å². The molecular weight excluding hydrogens is 200 g/mol. The Kier molecular flexibility index (Phi) is 16.3. The van der Waals surface area contributed by atoms with Crippen molar-refractivity contribution < 1.29 is 19.4 Å². The fourth-order valence-corrected chi connectivity index (χ4v) is 0.302. The Hall–Kier alpha value is -1.30. The van der Waals surface area contributed by atoms with Crippen LogP contribution in [0.5, 0.6) is 0 Å². The Morgan fingerprint density at radius 1 is 1.47 bits per heavy atom. The lowest BCUT2D eigenvalue weighted by Gasteiger charge is -2.16. The van der Waals surface area contributed by atoms with E-state index in [0.29, 0.717) is 0 Å². The van der Waals surface area contributed by atoms with Gasteiger partial charge in [-0.3, -0.25) is 4.79 Å². The molecule has 0 unspecified atom stereocenters. The topological polar surface area (TPSA) is 116 Å². The van der Waals surface area contributed by atoms with Gasteiger partial charge in [0.2, 0.25) is 0 Å². The number of carbonyl (C=O) groups excluding carboxylic acids is 1. The van der Waals surface area contributed by atoms with Crippen molar-refractivity contribution in [1.82, 2.24) is 0 Å². The minimum atomic E-state index is -0.725. The molecule has 0 radical (unpaired) electrons. The van der Waals surface area contributed by atoms with Crippen LogP contribution in [0.1, 0.15) is 34.1 Å². The van der Waals surface area contributed by atoms with Crippen LogP contribution in [0.4, 0.5) is 4.79 Å². The molecule has 0 aromatic heterocycles. The minimum Gasteiger partial charge on any atom is -0.483 e. The van der Waals surface area contributed by atoms with Gasteiger partial charge < -0.3 is 21.3 Å². The van der Waals surface area contributed by atoms with Crippen LogP contribution in [0.25, 0.3) is 0 Å². The molecule has 0 spiro atoms. The van der Waals surface area contributed by atoms with Gasteiger partial charge in [-0.15, -0.1) is 0 Å². The Labute approximate surface area is 90.6 Å². The Morgan fingerprint density at radius 3 is 1.73 bits per heavy atom. The van der Waals surface area contributed by atoms with E-state index >= 15 is 0 Å². The van der Waals surface area contributed by atoms with Crippen LogP contribution in [-0.2, 0) is 9.53 Å². The zero-order valence-corrected chi connectivity index (χ0v) is 9.82. The number of nitrogens with two attached hydrogens (primary N) is 2. The highest BCUT2D eigenvalue weighted by Crippen LogP contribution is 2.04. The Balaban J connectivity index is -0.000000173. The van der Waals surface area contributed by atoms with Crippen molar-refractivity contribution in [3.05, 3.63) is 0 Å². The van der Waals surface area contributed by atoms with E-state index in [1.807, 2.05) is 0 Å². The smallest absolute Gasteiger partial charge is 0.405 e. The van der Waals surface area contributed by atoms with Crippen LogP contribution >= 0.6 is 0 Å². The molecule has 1 amide bonds. The summed E-state index contributed by atoms with van der Waals surface area (Å²) in [5.74, 6) is 0. The zero-order chi connectivity index (χ0) is 12.9. The van der Waals surface area contributed by atoms with Crippen molar-refractivity contribution in [3.8, 4) is 0 Å². The molecule has 6 nitrogen and oxygen atoms in total. The molecule has 0 saturated heterocycles. The summed E-state index contributed by atoms with van der Waals surface area (Å²) in [5, 5.41) is 6.89. The maximum absolute atomic E-state index is 10.0. The number of carboxylic acid groups (broad SMARTS) is 1. The van der Waals surface area contributed by atoms with Crippen molar-refractivity contribution in [2.24, 2.45) is 11.5 Å². The van der Waals surface area contributed by atoms with E-state index in [2.05, 4.69) is 11.7 Å². The number of ether oxygens (including phenoxy) is 1. The molecule has 0 aliphatic heterocycles. The van der Waals surface area contributed by atoms with Crippen LogP contribution in [0.2, 0.25) is 0 Å². The average molecular weight is 222 g/mol. The second-order valence-corrected chi connectivity index (χ2v) is 3.43. The number of carbonyl (C=O) groups is 2. The van der Waals surface area contributed by atoms with E-state index in [1.54, 1.807) is 20.8 Å². The van der Waals surface area contributed by atoms with E-state index in [9.17, 15) is 4.79 Å². The summed E-state index contributed by atoms with van der Waals surface area (Å²) in [5.41, 5.74) is 9.29. The molecule has 0 fully saturated rings. The summed E-state index contributed by atoms with van der Waals surface area (Å²) in [6.45, 7) is 7.91. The van der Waals surface area contributed by atoms with Crippen molar-refractivity contribution in [2.45, 2.75) is 39.7 Å². The number of primary amides is 1. The molecule has 0 aromatic carbocycles. The fourth-order valence-electron chi connectivity index (χ4n) is 0.302. The first-order valence-corrected chi connectivity index (χ1v) is 4.51. The first-order chi connectivity index (χ1) is 6.74. The molecule has 0 atom stereocenters. The molecule has 6 heteroatoms. The maximum atomic E-state index is 10.0. The van der Waals surface area contributed by atoms with Crippen LogP contribution in [0.3, 0.4) is 0 Å². The summed E-state index contributed by atoms with van der Waals surface area (Å²) < 4.78 is 4.58. The Morgan fingerprint density at radius 2 is 1.73 bits per heavy atom. The maximum Gasteiger partial charge on any atom is 0.405 e. The normalized spacial score (nSPS) is 8.60. The van der Waals surface area contributed by atoms with Gasteiger partial charge in [0.1, 0.15) is 5.60 Å². The molecule has 0 aliphatic carbocycles. The summed E-state index contributed by atoms with van der Waals surface area (Å²) in [7, 11) is 0. The lowest BCUT2D eigenvalue weighted by atomic mass is 10.2. The number of hydrogen-bond donors (Lipinski definition) is 3. The van der Waals surface area contributed by atoms with Crippen molar-refractivity contribution >= 4 is 12.6 Å². The summed E-state index contributed by atoms with van der Waals surface area (Å²) >= 11 is 0. The van der Waals surface area contributed by atoms with Gasteiger partial charge in [-0.25, -0.2) is 4.79 Å². The van der Waals surface area contributed by atoms with Gasteiger partial charge in [-0.05, 0) is 33.7 Å². The molecule has 15 heavy (non-hydrogen) atoms. The lowest BCUT2D eigenvalue weighted by Crippen LogP contribution is -2.27. The van der Waals surface area contributed by atoms with Gasteiger partial charge >= 0.3 is 6.09 Å². The standard InChI is InChI=1S/C5H11NO2.C3H9N.CH2O2/c1-5(2,3)8-4(6)7;1-2-3-4;2-1-3/h1-3H3,(H2,6,7);2-4H2,1H3;1H,(H,2,3).